The van der Waals surface area contributed by atoms with Crippen molar-refractivity contribution in [3.8, 4) is 0 Å². The molecule has 2 aromatic heterocycles. The van der Waals surface area contributed by atoms with Crippen LogP contribution in [0.1, 0.15) is 0 Å². The van der Waals surface area contributed by atoms with Crippen LogP contribution < -0.4 is 10.7 Å². The van der Waals surface area contributed by atoms with E-state index in [9.17, 15) is 8.42 Å². The van der Waals surface area contributed by atoms with Gasteiger partial charge in [-0.15, -0.1) is 8.80 Å². The van der Waals surface area contributed by atoms with Crippen molar-refractivity contribution in [1.82, 2.24) is 9.97 Å². The second-order valence-corrected chi connectivity index (χ2v) is 5.39. The number of fused-ring (bicyclic) bond motifs is 6. The zero-order valence-electron chi connectivity index (χ0n) is 9.48. The molecule has 0 N–H and O–H groups in total. The summed E-state index contributed by atoms with van der Waals surface area (Å²) in [4.78, 5) is 8.55. The highest BCUT2D eigenvalue weighted by atomic mass is 32.2. The lowest BCUT2D eigenvalue weighted by molar-refractivity contribution is 0.599. The molecular formula is C12H6N4O2S. The van der Waals surface area contributed by atoms with Crippen LogP contribution in [0.5, 0.6) is 0 Å². The predicted octanol–water partition coefficient (Wildman–Crippen LogP) is 0.281. The van der Waals surface area contributed by atoms with E-state index in [0.29, 0.717) is 32.5 Å². The Balaban J connectivity index is 2.51. The fourth-order valence-electron chi connectivity index (χ4n) is 2.26. The molecule has 4 rings (SSSR count). The van der Waals surface area contributed by atoms with Crippen molar-refractivity contribution in [3.05, 3.63) is 47.4 Å². The molecule has 0 atom stereocenters. The molecule has 0 amide bonds. The van der Waals surface area contributed by atoms with Gasteiger partial charge in [0, 0.05) is 23.2 Å². The summed E-state index contributed by atoms with van der Waals surface area (Å²) in [5, 5.41) is 1.99. The molecule has 1 aromatic carbocycles. The Morgan fingerprint density at radius 3 is 1.74 bits per heavy atom. The third-order valence-electron chi connectivity index (χ3n) is 2.99. The number of pyridine rings is 2. The van der Waals surface area contributed by atoms with Crippen LogP contribution >= 0.6 is 0 Å². The molecule has 1 aliphatic heterocycles. The Morgan fingerprint density at radius 2 is 1.26 bits per heavy atom. The highest BCUT2D eigenvalue weighted by Crippen LogP contribution is 2.16. The van der Waals surface area contributed by atoms with E-state index in [1.165, 1.54) is 0 Å². The van der Waals surface area contributed by atoms with Crippen LogP contribution in [0.15, 0.2) is 45.5 Å². The number of nitrogens with zero attached hydrogens (tertiary/aromatic N) is 4. The highest BCUT2D eigenvalue weighted by molar-refractivity contribution is 7.88. The molecule has 6 nitrogen and oxygen atoms in total. The van der Waals surface area contributed by atoms with Gasteiger partial charge >= 0.3 is 10.2 Å². The SMILES string of the molecule is O=S1(=O)N=c2c(c3cccnc3c3ncccc23)=N1. The van der Waals surface area contributed by atoms with Crippen LogP contribution in [0.25, 0.3) is 21.8 Å². The normalized spacial score (nSPS) is 16.0. The van der Waals surface area contributed by atoms with E-state index in [1.54, 1.807) is 36.7 Å². The van der Waals surface area contributed by atoms with Gasteiger partial charge in [0.25, 0.3) is 0 Å². The van der Waals surface area contributed by atoms with E-state index >= 15 is 0 Å². The van der Waals surface area contributed by atoms with Gasteiger partial charge in [0.15, 0.2) is 0 Å². The van der Waals surface area contributed by atoms with Gasteiger partial charge in [-0.25, -0.2) is 0 Å². The van der Waals surface area contributed by atoms with Crippen molar-refractivity contribution in [2.24, 2.45) is 8.80 Å². The summed E-state index contributed by atoms with van der Waals surface area (Å²) < 4.78 is 30.6. The molecule has 0 radical (unpaired) electrons. The Bertz CT molecular complexity index is 993. The predicted molar refractivity (Wildman–Crippen MR) is 68.3 cm³/mol. The quantitative estimate of drug-likeness (QED) is 0.549. The molecule has 0 spiro atoms. The Labute approximate surface area is 107 Å². The lowest BCUT2D eigenvalue weighted by atomic mass is 10.1. The first-order valence-electron chi connectivity index (χ1n) is 5.52. The van der Waals surface area contributed by atoms with Crippen LogP contribution in [0.3, 0.4) is 0 Å². The van der Waals surface area contributed by atoms with Crippen LogP contribution in [-0.2, 0) is 10.2 Å². The summed E-state index contributed by atoms with van der Waals surface area (Å²) in [6.07, 6.45) is 3.28. The van der Waals surface area contributed by atoms with Crippen molar-refractivity contribution in [1.29, 1.82) is 0 Å². The maximum Gasteiger partial charge on any atom is 0.364 e. The molecule has 0 aliphatic carbocycles. The highest BCUT2D eigenvalue weighted by Gasteiger charge is 2.18. The molecule has 7 heteroatoms. The van der Waals surface area contributed by atoms with Crippen LogP contribution in [0.4, 0.5) is 0 Å². The monoisotopic (exact) mass is 270 g/mol. The van der Waals surface area contributed by atoms with Crippen LogP contribution in [0, 0.1) is 0 Å². The second-order valence-electron chi connectivity index (χ2n) is 4.13. The molecule has 0 bridgehead atoms. The van der Waals surface area contributed by atoms with Crippen molar-refractivity contribution in [2.75, 3.05) is 0 Å². The third-order valence-corrected chi connectivity index (χ3v) is 3.81. The summed E-state index contributed by atoms with van der Waals surface area (Å²) in [6, 6.07) is 7.01. The molecule has 19 heavy (non-hydrogen) atoms. The Hall–Kier alpha value is -2.41. The Kier molecular flexibility index (Phi) is 1.84. The summed E-state index contributed by atoms with van der Waals surface area (Å²) in [6.45, 7) is 0. The average Bonchev–Trinajstić information content (AvgIpc) is 2.75. The summed E-state index contributed by atoms with van der Waals surface area (Å²) in [5.74, 6) is 0. The third kappa shape index (κ3) is 1.39. The van der Waals surface area contributed by atoms with Crippen molar-refractivity contribution in [3.63, 3.8) is 0 Å². The maximum absolute atomic E-state index is 11.6. The molecular weight excluding hydrogens is 264 g/mol. The first-order chi connectivity index (χ1) is 9.16. The lowest BCUT2D eigenvalue weighted by Crippen LogP contribution is -2.24. The topological polar surface area (TPSA) is 84.6 Å². The second kappa shape index (κ2) is 3.33. The van der Waals surface area contributed by atoms with E-state index < -0.39 is 10.2 Å². The molecule has 0 fully saturated rings. The number of hydrogen-bond acceptors (Lipinski definition) is 4. The van der Waals surface area contributed by atoms with E-state index in [4.69, 9.17) is 0 Å². The minimum atomic E-state index is -3.79. The number of rotatable bonds is 0. The van der Waals surface area contributed by atoms with E-state index in [0.717, 1.165) is 0 Å². The standard InChI is InChI=1S/C12H6N4O2S/c17-19(18)15-11-7-3-1-5-13-9(7)10-8(12(11)16-19)4-2-6-14-10/h1-6H. The van der Waals surface area contributed by atoms with Crippen molar-refractivity contribution < 1.29 is 8.42 Å². The molecule has 0 saturated heterocycles. The number of benzene rings is 1. The van der Waals surface area contributed by atoms with Gasteiger partial charge < -0.3 is 0 Å². The lowest BCUT2D eigenvalue weighted by Gasteiger charge is -2.00. The van der Waals surface area contributed by atoms with Gasteiger partial charge in [-0.3, -0.25) is 9.97 Å². The molecule has 0 saturated carbocycles. The van der Waals surface area contributed by atoms with Crippen LogP contribution in [0.2, 0.25) is 0 Å². The Morgan fingerprint density at radius 1 is 0.789 bits per heavy atom. The van der Waals surface area contributed by atoms with Crippen molar-refractivity contribution >= 4 is 32.0 Å². The largest absolute Gasteiger partial charge is 0.364 e. The van der Waals surface area contributed by atoms with Gasteiger partial charge in [0.1, 0.15) is 10.7 Å². The first-order valence-corrected chi connectivity index (χ1v) is 6.92. The summed E-state index contributed by atoms with van der Waals surface area (Å²) in [5.41, 5.74) is 1.26. The average molecular weight is 270 g/mol. The van der Waals surface area contributed by atoms with E-state index in [1.807, 2.05) is 0 Å². The summed E-state index contributed by atoms with van der Waals surface area (Å²) >= 11 is 0. The molecule has 92 valence electrons. The van der Waals surface area contributed by atoms with Crippen molar-refractivity contribution in [2.45, 2.75) is 0 Å². The minimum absolute atomic E-state index is 0.351. The molecule has 3 heterocycles. The maximum atomic E-state index is 11.6. The summed E-state index contributed by atoms with van der Waals surface area (Å²) in [7, 11) is -3.79. The fraction of sp³-hybridized carbons (Fsp3) is 0. The van der Waals surface area contributed by atoms with Gasteiger partial charge in [-0.05, 0) is 24.3 Å². The first kappa shape index (κ1) is 10.5. The van der Waals surface area contributed by atoms with Gasteiger partial charge in [-0.2, -0.15) is 8.42 Å². The zero-order valence-corrected chi connectivity index (χ0v) is 10.3. The molecule has 1 aliphatic rings. The number of hydrogen-bond donors (Lipinski definition) is 0. The number of aromatic nitrogens is 2. The molecule has 0 unspecified atom stereocenters. The smallest absolute Gasteiger partial charge is 0.254 e. The zero-order chi connectivity index (χ0) is 13.0. The van der Waals surface area contributed by atoms with Gasteiger partial charge in [0.05, 0.1) is 11.0 Å². The van der Waals surface area contributed by atoms with Gasteiger partial charge in [-0.1, -0.05) is 0 Å². The van der Waals surface area contributed by atoms with E-state index in [2.05, 4.69) is 18.8 Å². The van der Waals surface area contributed by atoms with Crippen LogP contribution in [-0.4, -0.2) is 18.4 Å². The van der Waals surface area contributed by atoms with E-state index in [-0.39, 0.29) is 0 Å². The fourth-order valence-corrected chi connectivity index (χ4v) is 3.13. The molecule has 3 aromatic rings. The van der Waals surface area contributed by atoms with Gasteiger partial charge in [0.2, 0.25) is 0 Å². The minimum Gasteiger partial charge on any atom is -0.254 e.